The summed E-state index contributed by atoms with van der Waals surface area (Å²) < 4.78 is 0. The van der Waals surface area contributed by atoms with Crippen molar-refractivity contribution in [3.05, 3.63) is 24.3 Å². The van der Waals surface area contributed by atoms with Crippen LogP contribution in [0.4, 0.5) is 11.4 Å². The Bertz CT molecular complexity index is 357. The molecule has 5 nitrogen and oxygen atoms in total. The normalized spacial score (nSPS) is 11.1. The zero-order valence-corrected chi connectivity index (χ0v) is 7.69. The monoisotopic (exact) mass is 193 g/mol. The van der Waals surface area contributed by atoms with Gasteiger partial charge >= 0.3 is 5.97 Å². The fourth-order valence-electron chi connectivity index (χ4n) is 0.754. The van der Waals surface area contributed by atoms with E-state index >= 15 is 0 Å². The lowest BCUT2D eigenvalue weighted by atomic mass is 10.3. The highest BCUT2D eigenvalue weighted by atomic mass is 16.4. The molecular formula is C9H11N3O2. The second-order valence-electron chi connectivity index (χ2n) is 2.74. The van der Waals surface area contributed by atoms with E-state index in [0.29, 0.717) is 11.4 Å². The summed E-state index contributed by atoms with van der Waals surface area (Å²) in [7, 11) is 0. The van der Waals surface area contributed by atoms with Crippen molar-refractivity contribution < 1.29 is 9.90 Å². The average Bonchev–Trinajstić information content (AvgIpc) is 2.16. The Kier molecular flexibility index (Phi) is 3.06. The smallest absolute Gasteiger partial charge is 0.351 e. The van der Waals surface area contributed by atoms with Gasteiger partial charge in [-0.3, -0.25) is 5.43 Å². The minimum atomic E-state index is -1.05. The number of hydrazone groups is 1. The summed E-state index contributed by atoms with van der Waals surface area (Å²) in [5.74, 6) is -1.05. The van der Waals surface area contributed by atoms with Crippen LogP contribution in [0.15, 0.2) is 29.4 Å². The second-order valence-corrected chi connectivity index (χ2v) is 2.74. The van der Waals surface area contributed by atoms with Gasteiger partial charge in [-0.1, -0.05) is 0 Å². The molecular weight excluding hydrogens is 182 g/mol. The summed E-state index contributed by atoms with van der Waals surface area (Å²) in [5.41, 5.74) is 9.42. The molecule has 1 rings (SSSR count). The predicted octanol–water partition coefficient (Wildman–Crippen LogP) is 1.14. The van der Waals surface area contributed by atoms with Crippen LogP contribution in [0.3, 0.4) is 0 Å². The number of benzene rings is 1. The molecule has 0 radical (unpaired) electrons. The SMILES string of the molecule is C/C(=N\Nc1ccc(N)cc1)C(=O)O. The number of carboxylic acid groups (broad SMARTS) is 1. The maximum atomic E-state index is 10.4. The van der Waals surface area contributed by atoms with Crippen molar-refractivity contribution in [2.24, 2.45) is 5.10 Å². The molecule has 0 saturated heterocycles. The van der Waals surface area contributed by atoms with Gasteiger partial charge in [0.25, 0.3) is 0 Å². The highest BCUT2D eigenvalue weighted by Gasteiger charge is 2.00. The van der Waals surface area contributed by atoms with Crippen molar-refractivity contribution in [1.29, 1.82) is 0 Å². The van der Waals surface area contributed by atoms with Crippen molar-refractivity contribution in [2.75, 3.05) is 11.2 Å². The first-order valence-corrected chi connectivity index (χ1v) is 3.98. The third-order valence-corrected chi connectivity index (χ3v) is 1.57. The largest absolute Gasteiger partial charge is 0.477 e. The van der Waals surface area contributed by atoms with Gasteiger partial charge in [0, 0.05) is 5.69 Å². The molecule has 0 aliphatic heterocycles. The molecule has 0 spiro atoms. The lowest BCUT2D eigenvalue weighted by molar-refractivity contribution is -0.129. The van der Waals surface area contributed by atoms with Crippen LogP contribution in [0, 0.1) is 0 Å². The molecule has 0 aromatic heterocycles. The number of aliphatic carboxylic acids is 1. The van der Waals surface area contributed by atoms with Crippen LogP contribution < -0.4 is 11.2 Å². The molecule has 0 aliphatic rings. The molecule has 0 aliphatic carbocycles. The molecule has 0 amide bonds. The Hall–Kier alpha value is -2.04. The van der Waals surface area contributed by atoms with Crippen LogP contribution in [0.2, 0.25) is 0 Å². The molecule has 5 heteroatoms. The van der Waals surface area contributed by atoms with Gasteiger partial charge in [-0.05, 0) is 31.2 Å². The quantitative estimate of drug-likeness (QED) is 0.381. The van der Waals surface area contributed by atoms with E-state index in [9.17, 15) is 4.79 Å². The maximum Gasteiger partial charge on any atom is 0.351 e. The van der Waals surface area contributed by atoms with Crippen LogP contribution in [0.1, 0.15) is 6.92 Å². The Morgan fingerprint density at radius 2 is 2.00 bits per heavy atom. The van der Waals surface area contributed by atoms with E-state index < -0.39 is 5.97 Å². The summed E-state index contributed by atoms with van der Waals surface area (Å²) >= 11 is 0. The molecule has 0 atom stereocenters. The van der Waals surface area contributed by atoms with Crippen LogP contribution in [-0.4, -0.2) is 16.8 Å². The number of nitrogen functional groups attached to an aromatic ring is 1. The third kappa shape index (κ3) is 2.78. The van der Waals surface area contributed by atoms with Gasteiger partial charge in [-0.15, -0.1) is 0 Å². The predicted molar refractivity (Wildman–Crippen MR) is 55.2 cm³/mol. The number of hydrogen-bond donors (Lipinski definition) is 3. The highest BCUT2D eigenvalue weighted by Crippen LogP contribution is 2.10. The number of hydrogen-bond acceptors (Lipinski definition) is 4. The Labute approximate surface area is 81.2 Å². The van der Waals surface area contributed by atoms with Crippen LogP contribution in [-0.2, 0) is 4.79 Å². The average molecular weight is 193 g/mol. The first-order valence-electron chi connectivity index (χ1n) is 3.98. The lowest BCUT2D eigenvalue weighted by Crippen LogP contribution is -2.10. The number of anilines is 2. The first kappa shape index (κ1) is 10.0. The fraction of sp³-hybridized carbons (Fsp3) is 0.111. The van der Waals surface area contributed by atoms with Crippen molar-refractivity contribution in [3.63, 3.8) is 0 Å². The highest BCUT2D eigenvalue weighted by molar-refractivity contribution is 6.34. The summed E-state index contributed by atoms with van der Waals surface area (Å²) in [4.78, 5) is 10.4. The van der Waals surface area contributed by atoms with Gasteiger partial charge in [0.15, 0.2) is 0 Å². The Morgan fingerprint density at radius 3 is 2.50 bits per heavy atom. The van der Waals surface area contributed by atoms with Gasteiger partial charge in [0.05, 0.1) is 5.69 Å². The molecule has 0 heterocycles. The number of rotatable bonds is 3. The first-order chi connectivity index (χ1) is 6.59. The van der Waals surface area contributed by atoms with Crippen molar-refractivity contribution in [2.45, 2.75) is 6.92 Å². The zero-order valence-electron chi connectivity index (χ0n) is 7.69. The van der Waals surface area contributed by atoms with Gasteiger partial charge in [-0.25, -0.2) is 4.79 Å². The summed E-state index contributed by atoms with van der Waals surface area (Å²) in [6, 6.07) is 6.84. The van der Waals surface area contributed by atoms with Gasteiger partial charge < -0.3 is 10.8 Å². The summed E-state index contributed by atoms with van der Waals surface area (Å²) in [5, 5.41) is 12.2. The number of nitrogens with one attached hydrogen (secondary N) is 1. The van der Waals surface area contributed by atoms with Crippen LogP contribution >= 0.6 is 0 Å². The number of carbonyl (C=O) groups is 1. The van der Waals surface area contributed by atoms with Crippen LogP contribution in [0.25, 0.3) is 0 Å². The molecule has 1 aromatic carbocycles. The summed E-state index contributed by atoms with van der Waals surface area (Å²) in [6.07, 6.45) is 0. The molecule has 0 saturated carbocycles. The van der Waals surface area contributed by atoms with E-state index in [1.807, 2.05) is 0 Å². The minimum Gasteiger partial charge on any atom is -0.477 e. The molecule has 1 aromatic rings. The molecule has 74 valence electrons. The van der Waals surface area contributed by atoms with E-state index in [0.717, 1.165) is 0 Å². The lowest BCUT2D eigenvalue weighted by Gasteiger charge is -2.00. The number of nitrogens with zero attached hydrogens (tertiary/aromatic N) is 1. The second kappa shape index (κ2) is 4.27. The summed E-state index contributed by atoms with van der Waals surface area (Å²) in [6.45, 7) is 1.41. The van der Waals surface area contributed by atoms with E-state index in [2.05, 4.69) is 10.5 Å². The molecule has 0 bridgehead atoms. The van der Waals surface area contributed by atoms with E-state index in [1.165, 1.54) is 6.92 Å². The van der Waals surface area contributed by atoms with E-state index in [1.54, 1.807) is 24.3 Å². The zero-order chi connectivity index (χ0) is 10.6. The van der Waals surface area contributed by atoms with Crippen molar-refractivity contribution >= 4 is 23.1 Å². The van der Waals surface area contributed by atoms with Gasteiger partial charge in [0.2, 0.25) is 0 Å². The van der Waals surface area contributed by atoms with Crippen molar-refractivity contribution in [1.82, 2.24) is 0 Å². The number of nitrogens with two attached hydrogens (primary N) is 1. The fourth-order valence-corrected chi connectivity index (χ4v) is 0.754. The Morgan fingerprint density at radius 1 is 1.43 bits per heavy atom. The van der Waals surface area contributed by atoms with E-state index in [-0.39, 0.29) is 5.71 Å². The standard InChI is InChI=1S/C9H11N3O2/c1-6(9(13)14)11-12-8-4-2-7(10)3-5-8/h2-5,12H,10H2,1H3,(H,13,14)/b11-6+. The maximum absolute atomic E-state index is 10.4. The third-order valence-electron chi connectivity index (χ3n) is 1.57. The number of carboxylic acids is 1. The molecule has 14 heavy (non-hydrogen) atoms. The Balaban J connectivity index is 2.66. The van der Waals surface area contributed by atoms with Gasteiger partial charge in [-0.2, -0.15) is 5.10 Å². The molecule has 0 unspecified atom stereocenters. The van der Waals surface area contributed by atoms with Crippen LogP contribution in [0.5, 0.6) is 0 Å². The van der Waals surface area contributed by atoms with E-state index in [4.69, 9.17) is 10.8 Å². The van der Waals surface area contributed by atoms with Crippen molar-refractivity contribution in [3.8, 4) is 0 Å². The molecule has 0 fully saturated rings. The minimum absolute atomic E-state index is 0.00169. The van der Waals surface area contributed by atoms with Gasteiger partial charge in [0.1, 0.15) is 5.71 Å². The topological polar surface area (TPSA) is 87.7 Å². The molecule has 4 N–H and O–H groups in total.